The van der Waals surface area contributed by atoms with Gasteiger partial charge in [-0.3, -0.25) is 4.79 Å². The number of hydrogen-bond acceptors (Lipinski definition) is 3. The van der Waals surface area contributed by atoms with Crippen molar-refractivity contribution < 1.29 is 14.3 Å². The van der Waals surface area contributed by atoms with Crippen LogP contribution in [0.4, 0.5) is 0 Å². The molecule has 0 aliphatic heterocycles. The van der Waals surface area contributed by atoms with E-state index in [0.717, 1.165) is 25.7 Å². The second-order valence-electron chi connectivity index (χ2n) is 6.07. The average Bonchev–Trinajstić information content (AvgIpc) is 2.24. The van der Waals surface area contributed by atoms with Gasteiger partial charge in [0.15, 0.2) is 11.4 Å². The van der Waals surface area contributed by atoms with Crippen molar-refractivity contribution in [1.82, 2.24) is 0 Å². The molecule has 0 heterocycles. The maximum atomic E-state index is 12.3. The Morgan fingerprint density at radius 1 is 1.29 bits per heavy atom. The smallest absolute Gasteiger partial charge is 0.334 e. The summed E-state index contributed by atoms with van der Waals surface area (Å²) in [6, 6.07) is 0. The fraction of sp³-hybridized carbons (Fsp3) is 0.714. The summed E-state index contributed by atoms with van der Waals surface area (Å²) in [6.07, 6.45) is 4.75. The summed E-state index contributed by atoms with van der Waals surface area (Å²) in [4.78, 5) is 24.0. The second kappa shape index (κ2) is 3.44. The molecule has 2 atom stereocenters. The van der Waals surface area contributed by atoms with Gasteiger partial charge in [0.05, 0.1) is 0 Å². The molecule has 0 aromatic rings. The molecule has 3 heteroatoms. The van der Waals surface area contributed by atoms with Crippen LogP contribution >= 0.6 is 0 Å². The zero-order valence-corrected chi connectivity index (χ0v) is 10.2. The van der Waals surface area contributed by atoms with Crippen molar-refractivity contribution >= 4 is 11.8 Å². The first-order valence-corrected chi connectivity index (χ1v) is 6.43. The Hall–Kier alpha value is -1.12. The van der Waals surface area contributed by atoms with Crippen LogP contribution in [-0.4, -0.2) is 17.4 Å². The van der Waals surface area contributed by atoms with Crippen molar-refractivity contribution in [2.45, 2.75) is 44.6 Å². The largest absolute Gasteiger partial charge is 0.448 e. The van der Waals surface area contributed by atoms with Crippen LogP contribution in [-0.2, 0) is 14.3 Å². The van der Waals surface area contributed by atoms with Gasteiger partial charge in [0.2, 0.25) is 0 Å². The van der Waals surface area contributed by atoms with Gasteiger partial charge in [-0.05, 0) is 50.9 Å². The number of esters is 1. The highest BCUT2D eigenvalue weighted by Gasteiger charge is 2.59. The topological polar surface area (TPSA) is 43.4 Å². The first-order valence-electron chi connectivity index (χ1n) is 6.43. The molecule has 4 aliphatic carbocycles. The van der Waals surface area contributed by atoms with E-state index in [1.54, 1.807) is 6.92 Å². The second-order valence-corrected chi connectivity index (χ2v) is 6.07. The molecule has 0 amide bonds. The number of rotatable bonds is 2. The molecule has 0 aromatic heterocycles. The molecule has 92 valence electrons. The summed E-state index contributed by atoms with van der Waals surface area (Å²) >= 11 is 0. The lowest BCUT2D eigenvalue weighted by molar-refractivity contribution is -0.188. The van der Waals surface area contributed by atoms with Crippen molar-refractivity contribution in [2.75, 3.05) is 0 Å². The Balaban J connectivity index is 1.88. The van der Waals surface area contributed by atoms with E-state index >= 15 is 0 Å². The Bertz CT molecular complexity index is 396. The maximum Gasteiger partial charge on any atom is 0.334 e. The van der Waals surface area contributed by atoms with E-state index in [4.69, 9.17) is 4.74 Å². The summed E-state index contributed by atoms with van der Waals surface area (Å²) in [5, 5.41) is 0. The van der Waals surface area contributed by atoms with E-state index in [0.29, 0.717) is 17.4 Å². The highest BCUT2D eigenvalue weighted by Crippen LogP contribution is 2.55. The molecule has 4 saturated carbocycles. The number of carbonyl (C=O) groups excluding carboxylic acids is 2. The molecule has 2 unspecified atom stereocenters. The molecule has 0 N–H and O–H groups in total. The van der Waals surface area contributed by atoms with E-state index in [-0.39, 0.29) is 11.7 Å². The van der Waals surface area contributed by atoms with Gasteiger partial charge in [-0.1, -0.05) is 6.58 Å². The standard InChI is InChI=1S/C14H18O3/c1-8(2)13(16)17-14-6-9-3-10(7-14)5-11(4-9)12(14)15/h9-11H,1,3-7H2,2H3. The number of Topliss-reactive ketones (excluding diaryl/α,β-unsaturated/α-hetero) is 1. The van der Waals surface area contributed by atoms with Crippen molar-refractivity contribution in [3.05, 3.63) is 12.2 Å². The van der Waals surface area contributed by atoms with Gasteiger partial charge in [-0.2, -0.15) is 0 Å². The molecule has 0 aromatic carbocycles. The number of ether oxygens (including phenoxy) is 1. The Kier molecular flexibility index (Phi) is 2.22. The van der Waals surface area contributed by atoms with Gasteiger partial charge < -0.3 is 4.74 Å². The van der Waals surface area contributed by atoms with Gasteiger partial charge in [0, 0.05) is 11.5 Å². The quantitative estimate of drug-likeness (QED) is 0.543. The lowest BCUT2D eigenvalue weighted by Gasteiger charge is -2.54. The summed E-state index contributed by atoms with van der Waals surface area (Å²) in [6.45, 7) is 5.22. The lowest BCUT2D eigenvalue weighted by Crippen LogP contribution is -2.59. The predicted octanol–water partition coefficient (Wildman–Crippen LogP) is 2.25. The normalized spacial score (nSPS) is 42.6. The van der Waals surface area contributed by atoms with E-state index in [2.05, 4.69) is 6.58 Å². The van der Waals surface area contributed by atoms with Crippen molar-refractivity contribution in [3.8, 4) is 0 Å². The number of hydrogen-bond donors (Lipinski definition) is 0. The molecule has 4 aliphatic rings. The maximum absolute atomic E-state index is 12.3. The fourth-order valence-electron chi connectivity index (χ4n) is 4.10. The molecule has 0 spiro atoms. The third-order valence-electron chi connectivity index (χ3n) is 4.60. The third-order valence-corrected chi connectivity index (χ3v) is 4.60. The van der Waals surface area contributed by atoms with Gasteiger partial charge >= 0.3 is 5.97 Å². The first kappa shape index (κ1) is 11.0. The van der Waals surface area contributed by atoms with E-state index in [9.17, 15) is 9.59 Å². The average molecular weight is 234 g/mol. The monoisotopic (exact) mass is 234 g/mol. The van der Waals surface area contributed by atoms with Crippen LogP contribution in [0.15, 0.2) is 12.2 Å². The molecule has 17 heavy (non-hydrogen) atoms. The highest BCUT2D eigenvalue weighted by molar-refractivity contribution is 5.96. The Labute approximate surface area is 101 Å². The van der Waals surface area contributed by atoms with E-state index < -0.39 is 11.6 Å². The summed E-state index contributed by atoms with van der Waals surface area (Å²) < 4.78 is 5.54. The molecule has 4 bridgehead atoms. The van der Waals surface area contributed by atoms with Crippen molar-refractivity contribution in [1.29, 1.82) is 0 Å². The van der Waals surface area contributed by atoms with Crippen LogP contribution < -0.4 is 0 Å². The predicted molar refractivity (Wildman–Crippen MR) is 62.2 cm³/mol. The summed E-state index contributed by atoms with van der Waals surface area (Å²) in [7, 11) is 0. The zero-order chi connectivity index (χ0) is 12.2. The van der Waals surface area contributed by atoms with Gasteiger partial charge in [0.25, 0.3) is 0 Å². The molecular weight excluding hydrogens is 216 g/mol. The third kappa shape index (κ3) is 1.55. The minimum absolute atomic E-state index is 0.152. The molecule has 0 radical (unpaired) electrons. The molecule has 4 rings (SSSR count). The molecule has 4 fully saturated rings. The minimum Gasteiger partial charge on any atom is -0.448 e. The highest BCUT2D eigenvalue weighted by atomic mass is 16.6. The molecular formula is C14H18O3. The van der Waals surface area contributed by atoms with Crippen molar-refractivity contribution in [3.63, 3.8) is 0 Å². The summed E-state index contributed by atoms with van der Waals surface area (Å²) in [5.74, 6) is 1.10. The minimum atomic E-state index is -0.787. The SMILES string of the molecule is C=C(C)C(=O)OC12CC3CC(CC(C3)C1=O)C2. The lowest BCUT2D eigenvalue weighted by atomic mass is 9.53. The summed E-state index contributed by atoms with van der Waals surface area (Å²) in [5.41, 5.74) is -0.404. The van der Waals surface area contributed by atoms with Crippen LogP contribution in [0.1, 0.15) is 39.0 Å². The van der Waals surface area contributed by atoms with E-state index in [1.807, 2.05) is 0 Å². The van der Waals surface area contributed by atoms with Gasteiger partial charge in [-0.15, -0.1) is 0 Å². The molecule has 0 saturated heterocycles. The number of ketones is 1. The van der Waals surface area contributed by atoms with Crippen LogP contribution in [0.25, 0.3) is 0 Å². The van der Waals surface area contributed by atoms with Crippen molar-refractivity contribution in [2.24, 2.45) is 17.8 Å². The van der Waals surface area contributed by atoms with Gasteiger partial charge in [-0.25, -0.2) is 4.79 Å². The van der Waals surface area contributed by atoms with Crippen LogP contribution in [0, 0.1) is 17.8 Å². The zero-order valence-electron chi connectivity index (χ0n) is 10.2. The van der Waals surface area contributed by atoms with Crippen LogP contribution in [0.2, 0.25) is 0 Å². The Morgan fingerprint density at radius 3 is 2.41 bits per heavy atom. The molecule has 3 nitrogen and oxygen atoms in total. The Morgan fingerprint density at radius 2 is 1.88 bits per heavy atom. The van der Waals surface area contributed by atoms with E-state index in [1.165, 1.54) is 6.42 Å². The number of carbonyl (C=O) groups is 2. The van der Waals surface area contributed by atoms with Gasteiger partial charge in [0.1, 0.15) is 0 Å². The van der Waals surface area contributed by atoms with Crippen LogP contribution in [0.5, 0.6) is 0 Å². The fourth-order valence-corrected chi connectivity index (χ4v) is 4.10. The first-order chi connectivity index (χ1) is 8.00. The van der Waals surface area contributed by atoms with Crippen LogP contribution in [0.3, 0.4) is 0 Å².